The number of benzene rings is 1. The zero-order valence-corrected chi connectivity index (χ0v) is 19.3. The lowest BCUT2D eigenvalue weighted by Crippen LogP contribution is -2.17. The van der Waals surface area contributed by atoms with Gasteiger partial charge in [0.15, 0.2) is 11.5 Å². The highest BCUT2D eigenvalue weighted by Gasteiger charge is 2.34. The van der Waals surface area contributed by atoms with Crippen molar-refractivity contribution in [3.8, 4) is 11.5 Å². The third-order valence-corrected chi connectivity index (χ3v) is 5.17. The maximum absolute atomic E-state index is 12.3. The van der Waals surface area contributed by atoms with Crippen molar-refractivity contribution in [2.24, 2.45) is 0 Å². The second kappa shape index (κ2) is 10.2. The maximum Gasteiger partial charge on any atom is 0.178 e. The molecule has 0 amide bonds. The first kappa shape index (κ1) is 24.4. The van der Waals surface area contributed by atoms with Crippen molar-refractivity contribution in [1.82, 2.24) is 0 Å². The van der Waals surface area contributed by atoms with Crippen molar-refractivity contribution in [3.63, 3.8) is 0 Å². The van der Waals surface area contributed by atoms with E-state index in [0.717, 1.165) is 24.1 Å². The summed E-state index contributed by atoms with van der Waals surface area (Å²) < 4.78 is 46.9. The van der Waals surface area contributed by atoms with Gasteiger partial charge in [-0.15, -0.1) is 8.67 Å². The molecule has 0 aromatic heterocycles. The van der Waals surface area contributed by atoms with Crippen LogP contribution in [0.5, 0.6) is 11.5 Å². The Morgan fingerprint density at radius 1 is 0.741 bits per heavy atom. The molecule has 156 valence electrons. The molecule has 0 N–H and O–H groups in total. The molecule has 0 aliphatic carbocycles. The average Bonchev–Trinajstić information content (AvgIpc) is 2.54. The van der Waals surface area contributed by atoms with Gasteiger partial charge in [0.1, 0.15) is 10.1 Å². The van der Waals surface area contributed by atoms with Crippen molar-refractivity contribution < 1.29 is 31.4 Å². The average molecular weight is 440 g/mol. The Labute approximate surface area is 170 Å². The first-order chi connectivity index (χ1) is 12.5. The van der Waals surface area contributed by atoms with Crippen molar-refractivity contribution in [3.05, 3.63) is 16.7 Å². The Morgan fingerprint density at radius 3 is 1.30 bits per heavy atom. The van der Waals surface area contributed by atoms with Crippen molar-refractivity contribution in [1.29, 1.82) is 0 Å². The fourth-order valence-corrected chi connectivity index (χ4v) is 4.37. The molecular weight excluding hydrogens is 412 g/mol. The van der Waals surface area contributed by atoms with Gasteiger partial charge in [-0.1, -0.05) is 41.5 Å². The summed E-state index contributed by atoms with van der Waals surface area (Å²) >= 11 is 1.92. The third kappa shape index (κ3) is 5.68. The Hall–Kier alpha value is -0.650. The molecule has 0 radical (unpaired) electrons. The molecule has 7 nitrogen and oxygen atoms in total. The van der Waals surface area contributed by atoms with E-state index < -0.39 is 10.1 Å². The van der Waals surface area contributed by atoms with Gasteiger partial charge in [0.05, 0.1) is 4.90 Å². The summed E-state index contributed by atoms with van der Waals surface area (Å²) in [6, 6.07) is 0. The molecule has 1 rings (SSSR count). The van der Waals surface area contributed by atoms with E-state index in [1.165, 1.54) is 0 Å². The molecule has 0 atom stereocenters. The Morgan fingerprint density at radius 2 is 1.07 bits per heavy atom. The van der Waals surface area contributed by atoms with Crippen LogP contribution in [0.2, 0.25) is 0 Å². The summed E-state index contributed by atoms with van der Waals surface area (Å²) in [6.45, 7) is 11.0. The van der Waals surface area contributed by atoms with Gasteiger partial charge in [-0.05, 0) is 17.8 Å². The van der Waals surface area contributed by atoms with Crippen LogP contribution in [0.3, 0.4) is 0 Å². The molecule has 0 unspecified atom stereocenters. The van der Waals surface area contributed by atoms with Crippen molar-refractivity contribution in [2.45, 2.75) is 64.2 Å². The zero-order valence-electron chi connectivity index (χ0n) is 16.8. The predicted octanol–water partition coefficient (Wildman–Crippen LogP) is 5.14. The zero-order chi connectivity index (χ0) is 20.9. The fourth-order valence-electron chi connectivity index (χ4n) is 2.90. The number of hydrogen-bond acceptors (Lipinski definition) is 9. The van der Waals surface area contributed by atoms with E-state index in [0.29, 0.717) is 5.56 Å². The van der Waals surface area contributed by atoms with Gasteiger partial charge in [-0.25, -0.2) is 8.42 Å². The largest absolute Gasteiger partial charge is 0.744 e. The summed E-state index contributed by atoms with van der Waals surface area (Å²) in [6.07, 6.45) is 3.32. The van der Waals surface area contributed by atoms with E-state index in [-0.39, 0.29) is 45.3 Å². The van der Waals surface area contributed by atoms with Crippen LogP contribution in [-0.4, -0.2) is 25.5 Å². The monoisotopic (exact) mass is 439 g/mol. The summed E-state index contributed by atoms with van der Waals surface area (Å²) in [7, 11) is -4.83. The molecule has 0 aliphatic rings. The highest BCUT2D eigenvalue weighted by Crippen LogP contribution is 2.50. The molecular formula is C17H27O7S3-. The highest BCUT2D eigenvalue weighted by atomic mass is 32.2. The normalized spacial score (nSPS) is 12.3. The van der Waals surface area contributed by atoms with Crippen LogP contribution >= 0.6 is 24.1 Å². The second-order valence-electron chi connectivity index (χ2n) is 6.78. The second-order valence-corrected chi connectivity index (χ2v) is 9.04. The molecule has 0 bridgehead atoms. The summed E-state index contributed by atoms with van der Waals surface area (Å²) in [5.74, 6) is -0.394. The quantitative estimate of drug-likeness (QED) is 0.212. The van der Waals surface area contributed by atoms with E-state index in [9.17, 15) is 13.0 Å². The molecule has 1 aromatic rings. The van der Waals surface area contributed by atoms with E-state index in [1.807, 2.05) is 13.8 Å². The maximum atomic E-state index is 12.3. The smallest absolute Gasteiger partial charge is 0.178 e. The number of hydrogen-bond donors (Lipinski definition) is 0. The molecule has 0 saturated heterocycles. The molecule has 0 saturated carbocycles. The standard InChI is InChI=1S/C17H28O7S3/c1-9(2)12-15(21-23-25-7)13(10(3)4)17(27(18,19)20)14(11(5)6)16(12)22-24-26-8/h9-11H,1-8H3,(H,18,19,20)/p-1. The summed E-state index contributed by atoms with van der Waals surface area (Å²) in [5, 5.41) is 0. The lowest BCUT2D eigenvalue weighted by Gasteiger charge is -2.29. The van der Waals surface area contributed by atoms with Gasteiger partial charge in [0.2, 0.25) is 0 Å². The van der Waals surface area contributed by atoms with Crippen LogP contribution in [0.15, 0.2) is 4.90 Å². The minimum Gasteiger partial charge on any atom is -0.744 e. The van der Waals surface area contributed by atoms with Crippen LogP contribution < -0.4 is 9.78 Å². The highest BCUT2D eigenvalue weighted by molar-refractivity contribution is 7.94. The first-order valence-electron chi connectivity index (χ1n) is 8.43. The van der Waals surface area contributed by atoms with Gasteiger partial charge in [-0.3, -0.25) is 0 Å². The van der Waals surface area contributed by atoms with E-state index in [4.69, 9.17) is 18.4 Å². The van der Waals surface area contributed by atoms with E-state index in [1.54, 1.807) is 40.2 Å². The molecule has 1 aromatic carbocycles. The molecule has 0 heterocycles. The Balaban J connectivity index is 4.16. The van der Waals surface area contributed by atoms with Gasteiger partial charge >= 0.3 is 0 Å². The molecule has 0 fully saturated rings. The molecule has 27 heavy (non-hydrogen) atoms. The Kier molecular flexibility index (Phi) is 9.23. The van der Waals surface area contributed by atoms with Crippen molar-refractivity contribution >= 4 is 34.2 Å². The molecule has 0 spiro atoms. The van der Waals surface area contributed by atoms with Gasteiger partial charge in [0, 0.05) is 53.3 Å². The SMILES string of the molecule is CSOOc1c(C(C)C)c(OOSC)c(C(C)C)c(S(=O)(=O)[O-])c1C(C)C. The van der Waals surface area contributed by atoms with E-state index >= 15 is 0 Å². The van der Waals surface area contributed by atoms with Gasteiger partial charge in [0.25, 0.3) is 0 Å². The fraction of sp³-hybridized carbons (Fsp3) is 0.647. The predicted molar refractivity (Wildman–Crippen MR) is 107 cm³/mol. The van der Waals surface area contributed by atoms with E-state index in [2.05, 4.69) is 0 Å². The van der Waals surface area contributed by atoms with Crippen LogP contribution in [0.25, 0.3) is 0 Å². The molecule has 10 heteroatoms. The van der Waals surface area contributed by atoms with Crippen LogP contribution in [0.1, 0.15) is 76.0 Å². The van der Waals surface area contributed by atoms with Crippen LogP contribution in [0.4, 0.5) is 0 Å². The van der Waals surface area contributed by atoms with Gasteiger partial charge < -0.3 is 14.3 Å². The summed E-state index contributed by atoms with van der Waals surface area (Å²) in [5.41, 5.74) is 1.14. The topological polar surface area (TPSA) is 94.1 Å². The first-order valence-corrected chi connectivity index (χ1v) is 12.1. The van der Waals surface area contributed by atoms with Gasteiger partial charge in [-0.2, -0.15) is 0 Å². The summed E-state index contributed by atoms with van der Waals surface area (Å²) in [4.78, 5) is 10.6. The number of rotatable bonds is 10. The van der Waals surface area contributed by atoms with Crippen LogP contribution in [-0.2, 0) is 18.8 Å². The van der Waals surface area contributed by atoms with Crippen molar-refractivity contribution in [2.75, 3.05) is 12.5 Å². The van der Waals surface area contributed by atoms with Crippen LogP contribution in [0, 0.1) is 0 Å². The third-order valence-electron chi connectivity index (χ3n) is 3.82. The Bertz CT molecular complexity index is 702. The minimum atomic E-state index is -4.83. The lowest BCUT2D eigenvalue weighted by molar-refractivity contribution is -0.0889. The lowest BCUT2D eigenvalue weighted by atomic mass is 9.87. The minimum absolute atomic E-state index is 0.121. The molecule has 0 aliphatic heterocycles.